The van der Waals surface area contributed by atoms with Crippen LogP contribution in [0.2, 0.25) is 0 Å². The van der Waals surface area contributed by atoms with Crippen LogP contribution in [-0.2, 0) is 4.74 Å². The maximum Gasteiger partial charge on any atom is 0.419 e. The Morgan fingerprint density at radius 1 is 0.933 bits per heavy atom. The number of hydrogen-bond donors (Lipinski definition) is 0. The van der Waals surface area contributed by atoms with Gasteiger partial charge in [-0.25, -0.2) is 14.3 Å². The molecule has 0 saturated heterocycles. The number of benzene rings is 1. The highest BCUT2D eigenvalue weighted by atomic mass is 16.6. The van der Waals surface area contributed by atoms with Crippen molar-refractivity contribution in [3.8, 4) is 11.1 Å². The van der Waals surface area contributed by atoms with Crippen LogP contribution >= 0.6 is 0 Å². The molecule has 0 saturated carbocycles. The molecular formula is C24H27N4O2+. The van der Waals surface area contributed by atoms with Crippen molar-refractivity contribution in [2.75, 3.05) is 21.1 Å². The SMILES string of the molecule is CC(C)(C)OC(=O)n1c2ccncc2c2ccc(-c3ccc([N+](C)(C)C)nc3)cc21. The molecule has 0 bridgehead atoms. The molecule has 6 heteroatoms. The van der Waals surface area contributed by atoms with Crippen molar-refractivity contribution < 1.29 is 9.53 Å². The van der Waals surface area contributed by atoms with Gasteiger partial charge in [-0.1, -0.05) is 12.1 Å². The fourth-order valence-corrected chi connectivity index (χ4v) is 3.50. The fraction of sp³-hybridized carbons (Fsp3) is 0.292. The van der Waals surface area contributed by atoms with Gasteiger partial charge in [-0.15, -0.1) is 0 Å². The lowest BCUT2D eigenvalue weighted by atomic mass is 10.1. The van der Waals surface area contributed by atoms with E-state index in [-0.39, 0.29) is 0 Å². The van der Waals surface area contributed by atoms with Gasteiger partial charge in [-0.3, -0.25) is 9.47 Å². The lowest BCUT2D eigenvalue weighted by Gasteiger charge is -2.21. The maximum absolute atomic E-state index is 13.1. The Balaban J connectivity index is 1.89. The lowest BCUT2D eigenvalue weighted by Crippen LogP contribution is -2.35. The largest absolute Gasteiger partial charge is 0.443 e. The highest BCUT2D eigenvalue weighted by Crippen LogP contribution is 2.33. The van der Waals surface area contributed by atoms with E-state index in [0.29, 0.717) is 4.48 Å². The second-order valence-electron chi connectivity index (χ2n) is 9.36. The molecule has 6 nitrogen and oxygen atoms in total. The first-order valence-electron chi connectivity index (χ1n) is 9.94. The quantitative estimate of drug-likeness (QED) is 0.430. The van der Waals surface area contributed by atoms with E-state index in [1.165, 1.54) is 0 Å². The van der Waals surface area contributed by atoms with Crippen LogP contribution in [-0.4, -0.2) is 47.4 Å². The topological polar surface area (TPSA) is 57.0 Å². The second kappa shape index (κ2) is 6.92. The second-order valence-corrected chi connectivity index (χ2v) is 9.36. The molecule has 3 aromatic heterocycles. The number of hydrogen-bond acceptors (Lipinski definition) is 4. The summed E-state index contributed by atoms with van der Waals surface area (Å²) >= 11 is 0. The van der Waals surface area contributed by atoms with Gasteiger partial charge in [0.15, 0.2) is 0 Å². The van der Waals surface area contributed by atoms with Gasteiger partial charge in [0, 0.05) is 41.0 Å². The van der Waals surface area contributed by atoms with Crippen LogP contribution < -0.4 is 4.48 Å². The Morgan fingerprint density at radius 3 is 2.30 bits per heavy atom. The van der Waals surface area contributed by atoms with Gasteiger partial charge in [-0.2, -0.15) is 0 Å². The monoisotopic (exact) mass is 403 g/mol. The number of rotatable bonds is 2. The van der Waals surface area contributed by atoms with Gasteiger partial charge < -0.3 is 4.74 Å². The Labute approximate surface area is 176 Å². The highest BCUT2D eigenvalue weighted by molar-refractivity contribution is 6.13. The van der Waals surface area contributed by atoms with Gasteiger partial charge >= 0.3 is 6.09 Å². The molecule has 0 radical (unpaired) electrons. The molecule has 4 aromatic rings. The van der Waals surface area contributed by atoms with E-state index < -0.39 is 11.7 Å². The average molecular weight is 404 g/mol. The highest BCUT2D eigenvalue weighted by Gasteiger charge is 2.23. The van der Waals surface area contributed by atoms with E-state index >= 15 is 0 Å². The Kier molecular flexibility index (Phi) is 4.62. The van der Waals surface area contributed by atoms with E-state index in [1.807, 2.05) is 51.2 Å². The van der Waals surface area contributed by atoms with Crippen LogP contribution in [0.25, 0.3) is 32.9 Å². The first-order chi connectivity index (χ1) is 14.0. The molecule has 0 aliphatic rings. The summed E-state index contributed by atoms with van der Waals surface area (Å²) in [6, 6.07) is 12.0. The minimum atomic E-state index is -0.588. The van der Waals surface area contributed by atoms with E-state index in [2.05, 4.69) is 43.2 Å². The van der Waals surface area contributed by atoms with Crippen molar-refractivity contribution >= 4 is 33.7 Å². The predicted molar refractivity (Wildman–Crippen MR) is 122 cm³/mol. The first-order valence-corrected chi connectivity index (χ1v) is 9.94. The molecule has 0 spiro atoms. The van der Waals surface area contributed by atoms with Gasteiger partial charge in [0.2, 0.25) is 5.82 Å². The van der Waals surface area contributed by atoms with Crippen LogP contribution in [0.5, 0.6) is 0 Å². The van der Waals surface area contributed by atoms with Crippen LogP contribution in [0.1, 0.15) is 20.8 Å². The van der Waals surface area contributed by atoms with E-state index in [9.17, 15) is 4.79 Å². The molecule has 0 atom stereocenters. The average Bonchev–Trinajstić information content (AvgIpc) is 3.00. The molecule has 0 aliphatic carbocycles. The molecule has 0 aliphatic heterocycles. The minimum absolute atomic E-state index is 0.399. The van der Waals surface area contributed by atoms with Gasteiger partial charge in [0.25, 0.3) is 0 Å². The Morgan fingerprint density at radius 2 is 1.67 bits per heavy atom. The van der Waals surface area contributed by atoms with E-state index in [0.717, 1.165) is 38.8 Å². The van der Waals surface area contributed by atoms with Crippen molar-refractivity contribution in [3.63, 3.8) is 0 Å². The molecule has 1 aromatic carbocycles. The van der Waals surface area contributed by atoms with E-state index in [4.69, 9.17) is 4.74 Å². The molecule has 30 heavy (non-hydrogen) atoms. The summed E-state index contributed by atoms with van der Waals surface area (Å²) < 4.78 is 7.97. The zero-order valence-corrected chi connectivity index (χ0v) is 18.3. The lowest BCUT2D eigenvalue weighted by molar-refractivity contribution is 0.0551. The zero-order chi connectivity index (χ0) is 21.7. The summed E-state index contributed by atoms with van der Waals surface area (Å²) in [7, 11) is 6.25. The standard InChI is InChI=1S/C24H27N4O2/c1-24(2,3)30-23(29)27-20-11-12-25-15-19(20)18-9-7-16(13-21(18)27)17-8-10-22(26-14-17)28(4,5)6/h7-15H,1-6H3/q+1. The van der Waals surface area contributed by atoms with Gasteiger partial charge in [0.1, 0.15) is 5.60 Å². The van der Waals surface area contributed by atoms with Gasteiger partial charge in [0.05, 0.1) is 32.2 Å². The first kappa shape index (κ1) is 20.0. The van der Waals surface area contributed by atoms with Crippen molar-refractivity contribution in [2.24, 2.45) is 0 Å². The predicted octanol–water partition coefficient (Wildman–Crippen LogP) is 5.23. The van der Waals surface area contributed by atoms with Crippen LogP contribution in [0.3, 0.4) is 0 Å². The van der Waals surface area contributed by atoms with Gasteiger partial charge in [-0.05, 0) is 44.5 Å². The fourth-order valence-electron chi connectivity index (χ4n) is 3.50. The Bertz CT molecular complexity index is 1240. The number of ether oxygens (including phenoxy) is 1. The number of carbonyl (C=O) groups is 1. The normalized spacial score (nSPS) is 12.5. The third-order valence-corrected chi connectivity index (χ3v) is 4.91. The molecule has 0 fully saturated rings. The number of carbonyl (C=O) groups excluding carboxylic acids is 1. The third kappa shape index (κ3) is 3.66. The van der Waals surface area contributed by atoms with Crippen LogP contribution in [0, 0.1) is 0 Å². The molecular weight excluding hydrogens is 376 g/mol. The molecule has 3 heterocycles. The summed E-state index contributed by atoms with van der Waals surface area (Å²) in [4.78, 5) is 21.9. The maximum atomic E-state index is 13.1. The molecule has 4 rings (SSSR count). The molecule has 154 valence electrons. The smallest absolute Gasteiger partial charge is 0.419 e. The number of fused-ring (bicyclic) bond motifs is 3. The van der Waals surface area contributed by atoms with Crippen LogP contribution in [0.15, 0.2) is 55.0 Å². The minimum Gasteiger partial charge on any atom is -0.443 e. The van der Waals surface area contributed by atoms with E-state index in [1.54, 1.807) is 17.0 Å². The number of pyridine rings is 2. The molecule has 0 amide bonds. The van der Waals surface area contributed by atoms with Crippen molar-refractivity contribution in [1.29, 1.82) is 0 Å². The Hall–Kier alpha value is -3.25. The van der Waals surface area contributed by atoms with Crippen molar-refractivity contribution in [3.05, 3.63) is 55.0 Å². The van der Waals surface area contributed by atoms with Crippen molar-refractivity contribution in [1.82, 2.24) is 19.0 Å². The molecule has 0 unspecified atom stereocenters. The number of nitrogens with zero attached hydrogens (tertiary/aromatic N) is 4. The summed E-state index contributed by atoms with van der Waals surface area (Å²) in [6.07, 6.45) is 4.96. The summed E-state index contributed by atoms with van der Waals surface area (Å²) in [5.41, 5.74) is 2.97. The number of aromatic nitrogens is 3. The van der Waals surface area contributed by atoms with Crippen molar-refractivity contribution in [2.45, 2.75) is 26.4 Å². The third-order valence-electron chi connectivity index (χ3n) is 4.91. The number of quaternary nitrogens is 1. The molecule has 0 N–H and O–H groups in total. The summed E-state index contributed by atoms with van der Waals surface area (Å²) in [5.74, 6) is 0.980. The summed E-state index contributed by atoms with van der Waals surface area (Å²) in [6.45, 7) is 5.60. The van der Waals surface area contributed by atoms with Crippen LogP contribution in [0.4, 0.5) is 10.6 Å². The summed E-state index contributed by atoms with van der Waals surface area (Å²) in [5, 5.41) is 1.88. The zero-order valence-electron chi connectivity index (χ0n) is 18.3.